The van der Waals surface area contributed by atoms with Gasteiger partial charge in [0.25, 0.3) is 11.8 Å². The molecule has 7 nitrogen and oxygen atoms in total. The number of hydrogen-bond donors (Lipinski definition) is 0. The molecular weight excluding hydrogens is 521 g/mol. The Morgan fingerprint density at radius 2 is 1.65 bits per heavy atom. The van der Waals surface area contributed by atoms with E-state index in [0.717, 1.165) is 49.0 Å². The number of aryl methyl sites for hydroxylation is 1. The van der Waals surface area contributed by atoms with E-state index >= 15 is 0 Å². The molecule has 0 radical (unpaired) electrons. The minimum Gasteiger partial charge on any atom is -0.340 e. The van der Waals surface area contributed by atoms with Gasteiger partial charge in [0.2, 0.25) is 5.91 Å². The summed E-state index contributed by atoms with van der Waals surface area (Å²) in [5.74, 6) is -1.11. The summed E-state index contributed by atoms with van der Waals surface area (Å²) in [4.78, 5) is 43.3. The number of nitrogens with zero attached hydrogens (tertiary/aromatic N) is 4. The van der Waals surface area contributed by atoms with Gasteiger partial charge in [-0.1, -0.05) is 30.3 Å². The van der Waals surface area contributed by atoms with Crippen LogP contribution in [0.25, 0.3) is 0 Å². The lowest BCUT2D eigenvalue weighted by molar-refractivity contribution is -0.138. The third kappa shape index (κ3) is 6.59. The van der Waals surface area contributed by atoms with E-state index in [4.69, 9.17) is 5.26 Å². The van der Waals surface area contributed by atoms with Gasteiger partial charge in [-0.15, -0.1) is 0 Å². The fourth-order valence-corrected chi connectivity index (χ4v) is 5.13. The molecular formula is C30H31F3N4O3. The molecule has 40 heavy (non-hydrogen) atoms. The maximum absolute atomic E-state index is 13.4. The van der Waals surface area contributed by atoms with E-state index in [0.29, 0.717) is 44.0 Å². The highest BCUT2D eigenvalue weighted by Gasteiger charge is 2.39. The Morgan fingerprint density at radius 1 is 0.950 bits per heavy atom. The van der Waals surface area contributed by atoms with Crippen molar-refractivity contribution in [3.05, 3.63) is 76.4 Å². The second kappa shape index (κ2) is 12.5. The third-order valence-electron chi connectivity index (χ3n) is 7.47. The molecule has 0 aromatic heterocycles. The molecule has 3 amide bonds. The van der Waals surface area contributed by atoms with Gasteiger partial charge in [-0.05, 0) is 62.9 Å². The number of carbonyl (C=O) groups excluding carboxylic acids is 3. The Balaban J connectivity index is 1.24. The van der Waals surface area contributed by atoms with Crippen molar-refractivity contribution in [1.29, 1.82) is 5.26 Å². The first-order valence-corrected chi connectivity index (χ1v) is 13.3. The number of hydrogen-bond acceptors (Lipinski definition) is 5. The standard InChI is InChI=1S/C30H31F3N4O3/c1-21-25(29(40)37(28(21)39)24-12-11-23(20-34)26(19-24)30(31,32)33)9-5-6-14-35-15-17-36(18-16-35)27(38)13-10-22-7-3-2-4-8-22/h2-4,7-8,11-12,19H,5-6,9-10,13-18H2,1H3. The minimum atomic E-state index is -4.79. The lowest BCUT2D eigenvalue weighted by atomic mass is 10.0. The van der Waals surface area contributed by atoms with Crippen LogP contribution in [0.1, 0.15) is 49.3 Å². The van der Waals surface area contributed by atoms with Crippen LogP contribution in [-0.4, -0.2) is 60.2 Å². The number of imide groups is 1. The fourth-order valence-electron chi connectivity index (χ4n) is 5.13. The molecule has 2 heterocycles. The number of alkyl halides is 3. The first-order valence-electron chi connectivity index (χ1n) is 13.3. The van der Waals surface area contributed by atoms with Gasteiger partial charge in [0.15, 0.2) is 0 Å². The number of carbonyl (C=O) groups is 3. The molecule has 0 saturated carbocycles. The predicted octanol–water partition coefficient (Wildman–Crippen LogP) is 4.71. The van der Waals surface area contributed by atoms with E-state index in [1.807, 2.05) is 35.2 Å². The van der Waals surface area contributed by atoms with Crippen molar-refractivity contribution in [3.8, 4) is 6.07 Å². The molecule has 0 bridgehead atoms. The second-order valence-corrected chi connectivity index (χ2v) is 10.1. The van der Waals surface area contributed by atoms with Crippen molar-refractivity contribution in [1.82, 2.24) is 9.80 Å². The van der Waals surface area contributed by atoms with E-state index in [1.165, 1.54) is 19.1 Å². The number of piperazine rings is 1. The Hall–Kier alpha value is -3.97. The van der Waals surface area contributed by atoms with E-state index in [1.54, 1.807) is 0 Å². The van der Waals surface area contributed by atoms with E-state index < -0.39 is 29.1 Å². The highest BCUT2D eigenvalue weighted by atomic mass is 19.4. The lowest BCUT2D eigenvalue weighted by Gasteiger charge is -2.34. The van der Waals surface area contributed by atoms with Crippen molar-refractivity contribution in [2.45, 2.75) is 45.2 Å². The average Bonchev–Trinajstić information content (AvgIpc) is 3.16. The molecule has 1 fully saturated rings. The summed E-state index contributed by atoms with van der Waals surface area (Å²) >= 11 is 0. The maximum Gasteiger partial charge on any atom is 0.417 e. The predicted molar refractivity (Wildman–Crippen MR) is 143 cm³/mol. The quantitative estimate of drug-likeness (QED) is 0.332. The Kier molecular flexibility index (Phi) is 9.05. The second-order valence-electron chi connectivity index (χ2n) is 10.1. The summed E-state index contributed by atoms with van der Waals surface area (Å²) in [6.45, 7) is 5.18. The van der Waals surface area contributed by atoms with E-state index in [9.17, 15) is 27.6 Å². The van der Waals surface area contributed by atoms with Gasteiger partial charge >= 0.3 is 6.18 Å². The molecule has 0 N–H and O–H groups in total. The fraction of sp³-hybridized carbons (Fsp3) is 0.400. The Labute approximate surface area is 231 Å². The molecule has 2 aromatic carbocycles. The van der Waals surface area contributed by atoms with E-state index in [2.05, 4.69) is 4.90 Å². The van der Waals surface area contributed by atoms with Crippen LogP contribution in [-0.2, 0) is 27.0 Å². The van der Waals surface area contributed by atoms with E-state index in [-0.39, 0.29) is 17.2 Å². The summed E-state index contributed by atoms with van der Waals surface area (Å²) in [6, 6.07) is 14.3. The first kappa shape index (κ1) is 29.0. The van der Waals surface area contributed by atoms with Crippen LogP contribution >= 0.6 is 0 Å². The molecule has 210 valence electrons. The third-order valence-corrected chi connectivity index (χ3v) is 7.47. The zero-order chi connectivity index (χ0) is 28.9. The van der Waals surface area contributed by atoms with Crippen molar-refractivity contribution >= 4 is 23.4 Å². The van der Waals surface area contributed by atoms with Crippen LogP contribution in [0.5, 0.6) is 0 Å². The summed E-state index contributed by atoms with van der Waals surface area (Å²) in [5.41, 5.74) is -0.280. The van der Waals surface area contributed by atoms with Crippen molar-refractivity contribution < 1.29 is 27.6 Å². The van der Waals surface area contributed by atoms with Crippen molar-refractivity contribution in [2.24, 2.45) is 0 Å². The number of amides is 3. The lowest BCUT2D eigenvalue weighted by Crippen LogP contribution is -2.48. The zero-order valence-electron chi connectivity index (χ0n) is 22.3. The molecule has 1 saturated heterocycles. The number of rotatable bonds is 9. The van der Waals surface area contributed by atoms with Crippen LogP contribution < -0.4 is 4.90 Å². The highest BCUT2D eigenvalue weighted by Crippen LogP contribution is 2.36. The number of unbranched alkanes of at least 4 members (excludes halogenated alkanes) is 1. The molecule has 4 rings (SSSR count). The maximum atomic E-state index is 13.4. The number of halogens is 3. The van der Waals surface area contributed by atoms with Crippen LogP contribution in [0.4, 0.5) is 18.9 Å². The molecule has 2 aliphatic rings. The van der Waals surface area contributed by atoms with Gasteiger partial charge in [-0.2, -0.15) is 18.4 Å². The van der Waals surface area contributed by atoms with Crippen molar-refractivity contribution in [3.63, 3.8) is 0 Å². The molecule has 2 aromatic rings. The number of benzene rings is 2. The van der Waals surface area contributed by atoms with Crippen LogP contribution in [0.15, 0.2) is 59.7 Å². The molecule has 0 aliphatic carbocycles. The van der Waals surface area contributed by atoms with Gasteiger partial charge in [-0.25, -0.2) is 4.90 Å². The molecule has 0 unspecified atom stereocenters. The summed E-state index contributed by atoms with van der Waals surface area (Å²) in [7, 11) is 0. The summed E-state index contributed by atoms with van der Waals surface area (Å²) < 4.78 is 40.2. The largest absolute Gasteiger partial charge is 0.417 e. The SMILES string of the molecule is CC1=C(CCCCN2CCN(C(=O)CCc3ccccc3)CC2)C(=O)N(c2ccc(C#N)c(C(F)(F)F)c2)C1=O. The van der Waals surface area contributed by atoms with Crippen molar-refractivity contribution in [2.75, 3.05) is 37.6 Å². The highest BCUT2D eigenvalue weighted by molar-refractivity contribution is 6.32. The molecule has 10 heteroatoms. The van der Waals surface area contributed by atoms with Crippen LogP contribution in [0, 0.1) is 11.3 Å². The molecule has 2 aliphatic heterocycles. The topological polar surface area (TPSA) is 84.7 Å². The Bertz CT molecular complexity index is 1340. The normalized spacial score (nSPS) is 16.6. The smallest absolute Gasteiger partial charge is 0.340 e. The summed E-state index contributed by atoms with van der Waals surface area (Å²) in [6.07, 6.45) is -1.83. The average molecular weight is 553 g/mol. The van der Waals surface area contributed by atoms with Gasteiger partial charge < -0.3 is 4.90 Å². The summed E-state index contributed by atoms with van der Waals surface area (Å²) in [5, 5.41) is 9.01. The van der Waals surface area contributed by atoms with Gasteiger partial charge in [0.05, 0.1) is 22.9 Å². The Morgan fingerprint density at radius 3 is 2.30 bits per heavy atom. The monoisotopic (exact) mass is 552 g/mol. The van der Waals surface area contributed by atoms with Crippen LogP contribution in [0.3, 0.4) is 0 Å². The number of anilines is 1. The zero-order valence-corrected chi connectivity index (χ0v) is 22.3. The van der Waals surface area contributed by atoms with Gasteiger partial charge in [0, 0.05) is 43.7 Å². The minimum absolute atomic E-state index is 0.157. The van der Waals surface area contributed by atoms with Gasteiger partial charge in [-0.3, -0.25) is 19.3 Å². The van der Waals surface area contributed by atoms with Crippen LogP contribution in [0.2, 0.25) is 0 Å². The molecule has 0 atom stereocenters. The van der Waals surface area contributed by atoms with Gasteiger partial charge in [0.1, 0.15) is 0 Å². The number of nitriles is 1. The first-order chi connectivity index (χ1) is 19.1. The molecule has 0 spiro atoms.